The predicted molar refractivity (Wildman–Crippen MR) is 133 cm³/mol. The van der Waals surface area contributed by atoms with Crippen molar-refractivity contribution >= 4 is 11.8 Å². The molecule has 0 aromatic rings. The van der Waals surface area contributed by atoms with Gasteiger partial charge in [0.2, 0.25) is 0 Å². The number of rotatable bonds is 1. The molecule has 2 N–H and O–H groups in total. The molecule has 4 fully saturated rings. The average Bonchev–Trinajstić information content (AvgIpc) is 2.73. The molecule has 0 saturated heterocycles. The van der Waals surface area contributed by atoms with E-state index in [0.717, 1.165) is 51.4 Å². The van der Waals surface area contributed by atoms with Gasteiger partial charge in [0.25, 0.3) is 0 Å². The second-order valence-electron chi connectivity index (χ2n) is 14.9. The summed E-state index contributed by atoms with van der Waals surface area (Å²) in [5.74, 6) is 0.0603. The fourth-order valence-electron chi connectivity index (χ4n) is 10.4. The van der Waals surface area contributed by atoms with E-state index < -0.39 is 11.4 Å². The van der Waals surface area contributed by atoms with Gasteiger partial charge in [-0.3, -0.25) is 9.59 Å². The molecule has 0 bridgehead atoms. The van der Waals surface area contributed by atoms with Crippen LogP contribution < -0.4 is 154 Å². The molecule has 0 spiro atoms. The summed E-state index contributed by atoms with van der Waals surface area (Å²) >= 11 is 0. The summed E-state index contributed by atoms with van der Waals surface area (Å²) in [6.45, 7) is 15.8. The van der Waals surface area contributed by atoms with E-state index in [1.807, 2.05) is 13.0 Å². The molecule has 0 aliphatic heterocycles. The number of hydrogen-bond donors (Lipinski definition) is 2. The van der Waals surface area contributed by atoms with Crippen molar-refractivity contribution in [2.24, 2.45) is 50.2 Å². The Bertz CT molecular complexity index is 980. The van der Waals surface area contributed by atoms with Gasteiger partial charge in [-0.25, -0.2) is 0 Å². The van der Waals surface area contributed by atoms with E-state index in [1.165, 1.54) is 5.57 Å². The van der Waals surface area contributed by atoms with Gasteiger partial charge in [-0.05, 0) is 110 Å². The van der Waals surface area contributed by atoms with Gasteiger partial charge >= 0.3 is 160 Å². The second kappa shape index (κ2) is 11.9. The Morgan fingerprint density at radius 3 is 2.05 bits per heavy atom. The molecule has 0 amide bonds. The third kappa shape index (κ3) is 5.26. The summed E-state index contributed by atoms with van der Waals surface area (Å²) in [5, 5.41) is 20.9. The monoisotopic (exact) mass is 587 g/mol. The number of ketones is 1. The van der Waals surface area contributed by atoms with E-state index in [-0.39, 0.29) is 205 Å². The van der Waals surface area contributed by atoms with E-state index in [0.29, 0.717) is 12.3 Å². The van der Waals surface area contributed by atoms with Gasteiger partial charge < -0.3 is 10.2 Å². The van der Waals surface area contributed by atoms with Gasteiger partial charge in [0.05, 0.1) is 11.5 Å². The number of carbonyl (C=O) groups excluding carboxylic acids is 1. The van der Waals surface area contributed by atoms with Crippen molar-refractivity contribution < 1.29 is 174 Å². The van der Waals surface area contributed by atoms with Crippen molar-refractivity contribution in [3.05, 3.63) is 11.6 Å². The first-order valence-electron chi connectivity index (χ1n) is 13.7. The third-order valence-corrected chi connectivity index (χ3v) is 13.1. The Kier molecular flexibility index (Phi) is 11.9. The van der Waals surface area contributed by atoms with Crippen molar-refractivity contribution in [2.75, 3.05) is 0 Å². The number of fused-ring (bicyclic) bond motifs is 7. The number of aliphatic carboxylic acids is 1. The first-order valence-corrected chi connectivity index (χ1v) is 13.7. The minimum atomic E-state index is -0.711. The number of carboxylic acids is 1. The molecule has 37 heavy (non-hydrogen) atoms. The van der Waals surface area contributed by atoms with Gasteiger partial charge in [0.15, 0.2) is 5.78 Å². The van der Waals surface area contributed by atoms with Crippen LogP contribution in [-0.2, 0) is 9.59 Å². The standard InChI is InChI=1S/C30H46O4.3K/c1-25(2)21-8-11-30(7)23(28(21,5)10-9-22(25)32)20(31)16-18-19-17-27(4,24(33)34)13-12-26(19,3)14-15-29(18,30)6;;;/h16,19,21-23,32H,8-15,17H2,1-7H3,(H,33,34);;;/q;3*+1/t19-,21-,22-,23+,26+,27-,28-,29+,30+;;;/m0.../s1. The number of allylic oxidation sites excluding steroid dienone is 2. The number of aliphatic hydroxyl groups is 1. The second-order valence-corrected chi connectivity index (χ2v) is 14.9. The van der Waals surface area contributed by atoms with Gasteiger partial charge in [-0.2, -0.15) is 0 Å². The van der Waals surface area contributed by atoms with E-state index in [9.17, 15) is 19.8 Å². The molecule has 0 aromatic heterocycles. The van der Waals surface area contributed by atoms with Crippen LogP contribution in [0.4, 0.5) is 0 Å². The summed E-state index contributed by atoms with van der Waals surface area (Å²) in [6, 6.07) is 0. The zero-order chi connectivity index (χ0) is 25.1. The number of carboxylic acid groups (broad SMARTS) is 1. The van der Waals surface area contributed by atoms with Gasteiger partial charge in [0, 0.05) is 5.92 Å². The number of hydrogen-bond acceptors (Lipinski definition) is 3. The van der Waals surface area contributed by atoms with E-state index >= 15 is 0 Å². The first kappa shape index (κ1) is 36.9. The topological polar surface area (TPSA) is 74.6 Å². The number of aliphatic hydroxyl groups excluding tert-OH is 1. The van der Waals surface area contributed by atoms with E-state index in [4.69, 9.17) is 0 Å². The molecule has 5 aliphatic carbocycles. The quantitative estimate of drug-likeness (QED) is 0.331. The van der Waals surface area contributed by atoms with Crippen LogP contribution in [0, 0.1) is 50.2 Å². The Hall–Kier alpha value is 3.75. The molecule has 190 valence electrons. The van der Waals surface area contributed by atoms with Crippen LogP contribution in [0.25, 0.3) is 0 Å². The predicted octanol–water partition coefficient (Wildman–Crippen LogP) is -2.58. The van der Waals surface area contributed by atoms with E-state index in [1.54, 1.807) is 0 Å². The van der Waals surface area contributed by atoms with Crippen LogP contribution in [0.2, 0.25) is 0 Å². The molecule has 4 saturated carbocycles. The van der Waals surface area contributed by atoms with Crippen molar-refractivity contribution in [1.29, 1.82) is 0 Å². The van der Waals surface area contributed by atoms with Gasteiger partial charge in [0.1, 0.15) is 0 Å². The van der Waals surface area contributed by atoms with Crippen LogP contribution in [0.3, 0.4) is 0 Å². The Balaban J connectivity index is 0.00000160. The largest absolute Gasteiger partial charge is 1.00 e. The van der Waals surface area contributed by atoms with Crippen LogP contribution in [0.15, 0.2) is 11.6 Å². The van der Waals surface area contributed by atoms with Crippen molar-refractivity contribution in [3.8, 4) is 0 Å². The first-order chi connectivity index (χ1) is 15.6. The SMILES string of the molecule is CC1(C)[C@@H](O)CC[C@]2(C)[C@H]3C(=O)C=C4[C@@H]5C[C@@](C)(C(=O)O)CC[C@]5(C)CC[C@@]4(C)[C@]3(C)CC[C@@H]12.[K+].[K+].[K+]. The normalized spacial score (nSPS) is 49.7. The van der Waals surface area contributed by atoms with Gasteiger partial charge in [-0.15, -0.1) is 0 Å². The maximum atomic E-state index is 14.2. The summed E-state index contributed by atoms with van der Waals surface area (Å²) < 4.78 is 0. The Labute approximate surface area is 352 Å². The van der Waals surface area contributed by atoms with Crippen LogP contribution in [0.5, 0.6) is 0 Å². The average molecular weight is 588 g/mol. The molecule has 0 unspecified atom stereocenters. The Morgan fingerprint density at radius 1 is 0.865 bits per heavy atom. The van der Waals surface area contributed by atoms with Crippen LogP contribution >= 0.6 is 0 Å². The molecular weight excluding hydrogens is 542 g/mol. The van der Waals surface area contributed by atoms with Crippen LogP contribution in [0.1, 0.15) is 106 Å². The fourth-order valence-corrected chi connectivity index (χ4v) is 10.4. The Morgan fingerprint density at radius 2 is 1.46 bits per heavy atom. The smallest absolute Gasteiger partial charge is 0.481 e. The minimum Gasteiger partial charge on any atom is -0.481 e. The molecule has 4 nitrogen and oxygen atoms in total. The number of carbonyl (C=O) groups is 2. The molecule has 0 heterocycles. The molecular formula is C30H46K3O4+3. The van der Waals surface area contributed by atoms with Crippen molar-refractivity contribution in [3.63, 3.8) is 0 Å². The fraction of sp³-hybridized carbons (Fsp3) is 0.867. The summed E-state index contributed by atoms with van der Waals surface area (Å²) in [6.07, 6.45) is 9.95. The summed E-state index contributed by atoms with van der Waals surface area (Å²) in [4.78, 5) is 26.4. The van der Waals surface area contributed by atoms with Crippen molar-refractivity contribution in [2.45, 2.75) is 112 Å². The zero-order valence-electron chi connectivity index (χ0n) is 25.5. The van der Waals surface area contributed by atoms with Gasteiger partial charge in [-0.1, -0.05) is 47.1 Å². The molecule has 7 heteroatoms. The molecule has 5 rings (SSSR count). The maximum Gasteiger partial charge on any atom is 1.00 e. The molecule has 0 radical (unpaired) electrons. The zero-order valence-corrected chi connectivity index (χ0v) is 34.8. The van der Waals surface area contributed by atoms with Crippen molar-refractivity contribution in [1.82, 2.24) is 0 Å². The summed E-state index contributed by atoms with van der Waals surface area (Å²) in [5.41, 5.74) is 0.142. The van der Waals surface area contributed by atoms with Crippen LogP contribution in [-0.4, -0.2) is 28.1 Å². The molecule has 5 aliphatic rings. The molecule has 9 atom stereocenters. The molecule has 0 aromatic carbocycles. The maximum absolute atomic E-state index is 14.2. The minimum absolute atomic E-state index is 0. The summed E-state index contributed by atoms with van der Waals surface area (Å²) in [7, 11) is 0. The van der Waals surface area contributed by atoms with E-state index in [2.05, 4.69) is 41.5 Å². The third-order valence-electron chi connectivity index (χ3n) is 13.1.